The van der Waals surface area contributed by atoms with Crippen LogP contribution >= 0.6 is 0 Å². The molecule has 0 radical (unpaired) electrons. The van der Waals surface area contributed by atoms with Gasteiger partial charge in [0.1, 0.15) is 5.76 Å². The summed E-state index contributed by atoms with van der Waals surface area (Å²) in [5.41, 5.74) is 2.34. The Balaban J connectivity index is 1.38. The van der Waals surface area contributed by atoms with Crippen LogP contribution in [0.1, 0.15) is 17.0 Å². The predicted molar refractivity (Wildman–Crippen MR) is 92.6 cm³/mol. The molecule has 0 bridgehead atoms. The molecule has 0 aliphatic carbocycles. The topological polar surface area (TPSA) is 86.5 Å². The molecule has 1 amide bonds. The number of fused-ring (bicyclic) bond motifs is 1. The van der Waals surface area contributed by atoms with Crippen LogP contribution in [-0.2, 0) is 17.8 Å². The molecule has 3 aromatic rings. The molecule has 1 aromatic carbocycles. The molecule has 132 valence electrons. The van der Waals surface area contributed by atoms with E-state index in [1.165, 1.54) is 0 Å². The van der Waals surface area contributed by atoms with Crippen LogP contribution in [-0.4, -0.2) is 22.7 Å². The van der Waals surface area contributed by atoms with Crippen LogP contribution in [0.25, 0.3) is 11.5 Å². The summed E-state index contributed by atoms with van der Waals surface area (Å²) in [5, 5.41) is 2.89. The average Bonchev–Trinajstić information content (AvgIpc) is 3.27. The maximum atomic E-state index is 12.3. The maximum Gasteiger partial charge on any atom is 0.231 e. The van der Waals surface area contributed by atoms with Gasteiger partial charge in [-0.25, -0.2) is 4.98 Å². The highest BCUT2D eigenvalue weighted by atomic mass is 16.7. The highest BCUT2D eigenvalue weighted by Gasteiger charge is 2.16. The van der Waals surface area contributed by atoms with Crippen LogP contribution in [0.4, 0.5) is 0 Å². The third-order valence-electron chi connectivity index (χ3n) is 4.06. The number of carbonyl (C=O) groups excluding carboxylic acids is 1. The first-order valence-electron chi connectivity index (χ1n) is 8.21. The molecule has 0 fully saturated rings. The van der Waals surface area contributed by atoms with Crippen molar-refractivity contribution in [2.24, 2.45) is 0 Å². The third-order valence-corrected chi connectivity index (χ3v) is 4.06. The van der Waals surface area contributed by atoms with Gasteiger partial charge in [0, 0.05) is 18.9 Å². The van der Waals surface area contributed by atoms with Crippen molar-refractivity contribution in [3.8, 4) is 23.0 Å². The molecular weight excluding hydrogens is 334 g/mol. The highest BCUT2D eigenvalue weighted by Crippen LogP contribution is 2.32. The molecule has 2 aromatic heterocycles. The van der Waals surface area contributed by atoms with Gasteiger partial charge in [0.15, 0.2) is 11.5 Å². The number of nitrogens with one attached hydrogen (secondary N) is 1. The van der Waals surface area contributed by atoms with Gasteiger partial charge >= 0.3 is 0 Å². The largest absolute Gasteiger partial charge is 0.454 e. The molecule has 4 rings (SSSR count). The Bertz CT molecular complexity index is 937. The van der Waals surface area contributed by atoms with Gasteiger partial charge < -0.3 is 19.2 Å². The number of benzene rings is 1. The molecule has 0 unspecified atom stereocenters. The Hall–Kier alpha value is -3.35. The van der Waals surface area contributed by atoms with Crippen LogP contribution < -0.4 is 14.8 Å². The lowest BCUT2D eigenvalue weighted by Gasteiger charge is -2.05. The Morgan fingerprint density at radius 3 is 2.96 bits per heavy atom. The van der Waals surface area contributed by atoms with Crippen LogP contribution in [0.3, 0.4) is 0 Å². The summed E-state index contributed by atoms with van der Waals surface area (Å²) in [4.78, 5) is 20.7. The summed E-state index contributed by atoms with van der Waals surface area (Å²) in [7, 11) is 0. The van der Waals surface area contributed by atoms with Crippen molar-refractivity contribution in [3.05, 3.63) is 59.7 Å². The lowest BCUT2D eigenvalue weighted by atomic mass is 10.2. The third kappa shape index (κ3) is 3.37. The first kappa shape index (κ1) is 16.1. The first-order chi connectivity index (χ1) is 12.7. The number of hydrogen-bond donors (Lipinski definition) is 1. The summed E-state index contributed by atoms with van der Waals surface area (Å²) in [6.45, 7) is 2.44. The van der Waals surface area contributed by atoms with Crippen LogP contribution in [0.5, 0.6) is 11.5 Å². The quantitative estimate of drug-likeness (QED) is 0.760. The van der Waals surface area contributed by atoms with Crippen LogP contribution in [0.2, 0.25) is 0 Å². The van der Waals surface area contributed by atoms with Crippen molar-refractivity contribution in [3.63, 3.8) is 0 Å². The zero-order valence-corrected chi connectivity index (χ0v) is 14.2. The second-order valence-corrected chi connectivity index (χ2v) is 5.90. The van der Waals surface area contributed by atoms with Crippen molar-refractivity contribution in [1.29, 1.82) is 0 Å². The van der Waals surface area contributed by atoms with E-state index in [4.69, 9.17) is 13.9 Å². The number of rotatable bonds is 5. The first-order valence-corrected chi connectivity index (χ1v) is 8.21. The number of aromatic nitrogens is 2. The van der Waals surface area contributed by atoms with Crippen LogP contribution in [0, 0.1) is 6.92 Å². The summed E-state index contributed by atoms with van der Waals surface area (Å²) >= 11 is 0. The molecular formula is C19H17N3O4. The SMILES string of the molecule is Cc1oc(-c2cccnc2)nc1CC(=O)NCc1ccc2c(c1)OCO2. The minimum atomic E-state index is -0.128. The van der Waals surface area contributed by atoms with E-state index in [0.717, 1.165) is 16.9 Å². The Morgan fingerprint density at radius 1 is 1.23 bits per heavy atom. The lowest BCUT2D eigenvalue weighted by Crippen LogP contribution is -2.24. The molecule has 3 heterocycles. The van der Waals surface area contributed by atoms with Gasteiger partial charge in [-0.2, -0.15) is 0 Å². The number of hydrogen-bond acceptors (Lipinski definition) is 6. The molecule has 26 heavy (non-hydrogen) atoms. The van der Waals surface area contributed by atoms with Gasteiger partial charge in [-0.15, -0.1) is 0 Å². The Kier molecular flexibility index (Phi) is 4.27. The van der Waals surface area contributed by atoms with E-state index < -0.39 is 0 Å². The van der Waals surface area contributed by atoms with Crippen molar-refractivity contribution < 1.29 is 18.7 Å². The normalized spacial score (nSPS) is 12.2. The minimum absolute atomic E-state index is 0.128. The number of aryl methyl sites for hydroxylation is 1. The highest BCUT2D eigenvalue weighted by molar-refractivity contribution is 5.78. The van der Waals surface area contributed by atoms with E-state index in [1.54, 1.807) is 19.3 Å². The number of oxazole rings is 1. The van der Waals surface area contributed by atoms with E-state index >= 15 is 0 Å². The van der Waals surface area contributed by atoms with Gasteiger partial charge in [0.2, 0.25) is 18.6 Å². The number of pyridine rings is 1. The molecule has 1 N–H and O–H groups in total. The number of carbonyl (C=O) groups is 1. The summed E-state index contributed by atoms with van der Waals surface area (Å²) < 4.78 is 16.3. The fourth-order valence-electron chi connectivity index (χ4n) is 2.67. The monoisotopic (exact) mass is 351 g/mol. The van der Waals surface area contributed by atoms with Gasteiger partial charge in [-0.1, -0.05) is 6.07 Å². The number of ether oxygens (including phenoxy) is 2. The second-order valence-electron chi connectivity index (χ2n) is 5.90. The molecule has 0 saturated heterocycles. The fraction of sp³-hybridized carbons (Fsp3) is 0.211. The van der Waals surface area contributed by atoms with E-state index in [2.05, 4.69) is 15.3 Å². The fourth-order valence-corrected chi connectivity index (χ4v) is 2.67. The van der Waals surface area contributed by atoms with E-state index in [-0.39, 0.29) is 19.1 Å². The lowest BCUT2D eigenvalue weighted by molar-refractivity contribution is -0.120. The van der Waals surface area contributed by atoms with Gasteiger partial charge in [0.05, 0.1) is 17.7 Å². The summed E-state index contributed by atoms with van der Waals surface area (Å²) in [6.07, 6.45) is 3.51. The zero-order chi connectivity index (χ0) is 17.9. The standard InChI is InChI=1S/C19H17N3O4/c1-12-15(22-19(26-12)14-3-2-6-20-10-14)8-18(23)21-9-13-4-5-16-17(7-13)25-11-24-16/h2-7,10H,8-9,11H2,1H3,(H,21,23). The molecule has 0 saturated carbocycles. The smallest absolute Gasteiger partial charge is 0.231 e. The molecule has 1 aliphatic rings. The second kappa shape index (κ2) is 6.87. The summed E-state index contributed by atoms with van der Waals surface area (Å²) in [6, 6.07) is 9.28. The van der Waals surface area contributed by atoms with Crippen molar-refractivity contribution in [1.82, 2.24) is 15.3 Å². The molecule has 0 atom stereocenters. The maximum absolute atomic E-state index is 12.3. The van der Waals surface area contributed by atoms with Gasteiger partial charge in [-0.3, -0.25) is 9.78 Å². The van der Waals surface area contributed by atoms with Crippen molar-refractivity contribution in [2.45, 2.75) is 19.9 Å². The van der Waals surface area contributed by atoms with E-state index in [9.17, 15) is 4.79 Å². The van der Waals surface area contributed by atoms with Crippen LogP contribution in [0.15, 0.2) is 47.1 Å². The Labute approximate surface area is 150 Å². The molecule has 7 nitrogen and oxygen atoms in total. The molecule has 1 aliphatic heterocycles. The summed E-state index contributed by atoms with van der Waals surface area (Å²) in [5.74, 6) is 2.39. The van der Waals surface area contributed by atoms with Crippen molar-refractivity contribution >= 4 is 5.91 Å². The predicted octanol–water partition coefficient (Wildman–Crippen LogP) is 2.63. The molecule has 0 spiro atoms. The average molecular weight is 351 g/mol. The number of nitrogens with zero attached hydrogens (tertiary/aromatic N) is 2. The number of amides is 1. The van der Waals surface area contributed by atoms with E-state index in [1.807, 2.05) is 30.3 Å². The van der Waals surface area contributed by atoms with Gasteiger partial charge in [0.25, 0.3) is 0 Å². The zero-order valence-electron chi connectivity index (χ0n) is 14.2. The minimum Gasteiger partial charge on any atom is -0.454 e. The van der Waals surface area contributed by atoms with Crippen molar-refractivity contribution in [2.75, 3.05) is 6.79 Å². The van der Waals surface area contributed by atoms with E-state index in [0.29, 0.717) is 29.6 Å². The Morgan fingerprint density at radius 2 is 2.12 bits per heavy atom. The van der Waals surface area contributed by atoms with Gasteiger partial charge in [-0.05, 0) is 36.8 Å². The molecule has 7 heteroatoms.